The Morgan fingerprint density at radius 3 is 2.85 bits per heavy atom. The van der Waals surface area contributed by atoms with Gasteiger partial charge >= 0.3 is 0 Å². The van der Waals surface area contributed by atoms with E-state index in [1.165, 1.54) is 0 Å². The third-order valence-electron chi connectivity index (χ3n) is 4.75. The lowest BCUT2D eigenvalue weighted by atomic mass is 10.1. The Morgan fingerprint density at radius 2 is 2.08 bits per heavy atom. The lowest BCUT2D eigenvalue weighted by molar-refractivity contribution is 0.154. The molecular formula is C19H22N4O3. The summed E-state index contributed by atoms with van der Waals surface area (Å²) in [5.74, 6) is 2.32. The summed E-state index contributed by atoms with van der Waals surface area (Å²) in [5, 5.41) is 14.7. The number of hydrogen-bond acceptors (Lipinski definition) is 6. The van der Waals surface area contributed by atoms with Crippen molar-refractivity contribution in [3.8, 4) is 22.8 Å². The van der Waals surface area contributed by atoms with Crippen LogP contribution >= 0.6 is 0 Å². The summed E-state index contributed by atoms with van der Waals surface area (Å²) < 4.78 is 12.7. The summed E-state index contributed by atoms with van der Waals surface area (Å²) in [5.41, 5.74) is 2.55. The molecule has 0 radical (unpaired) electrons. The third kappa shape index (κ3) is 2.94. The van der Waals surface area contributed by atoms with Crippen LogP contribution in [-0.2, 0) is 0 Å². The summed E-state index contributed by atoms with van der Waals surface area (Å²) in [6, 6.07) is 7.65. The summed E-state index contributed by atoms with van der Waals surface area (Å²) >= 11 is 0. The molecule has 26 heavy (non-hydrogen) atoms. The highest BCUT2D eigenvalue weighted by Gasteiger charge is 2.22. The number of methoxy groups -OCH3 is 2. The molecule has 3 aromatic rings. The highest BCUT2D eigenvalue weighted by molar-refractivity contribution is 5.78. The van der Waals surface area contributed by atoms with Crippen molar-refractivity contribution in [3.05, 3.63) is 36.7 Å². The molecule has 1 aromatic carbocycles. The first-order valence-corrected chi connectivity index (χ1v) is 8.69. The fourth-order valence-corrected chi connectivity index (χ4v) is 3.44. The number of nitrogens with zero attached hydrogens (tertiary/aromatic N) is 4. The van der Waals surface area contributed by atoms with Crippen LogP contribution in [-0.4, -0.2) is 53.1 Å². The molecule has 4 rings (SSSR count). The normalized spacial score (nSPS) is 17.5. The summed E-state index contributed by atoms with van der Waals surface area (Å²) in [6.07, 6.45) is 5.05. The van der Waals surface area contributed by atoms with Crippen molar-refractivity contribution < 1.29 is 14.6 Å². The fraction of sp³-hybridized carbons (Fsp3) is 0.368. The highest BCUT2D eigenvalue weighted by Crippen LogP contribution is 2.34. The molecule has 1 aliphatic heterocycles. The molecule has 1 aliphatic rings. The monoisotopic (exact) mass is 354 g/mol. The molecule has 136 valence electrons. The largest absolute Gasteiger partial charge is 0.497 e. The van der Waals surface area contributed by atoms with Gasteiger partial charge in [0, 0.05) is 31.0 Å². The fourth-order valence-electron chi connectivity index (χ4n) is 3.44. The number of fused-ring (bicyclic) bond motifs is 1. The second-order valence-electron chi connectivity index (χ2n) is 6.42. The van der Waals surface area contributed by atoms with Crippen molar-refractivity contribution in [3.63, 3.8) is 0 Å². The topological polar surface area (TPSA) is 72.1 Å². The van der Waals surface area contributed by atoms with E-state index >= 15 is 0 Å². The molecule has 7 heteroatoms. The molecule has 1 fully saturated rings. The van der Waals surface area contributed by atoms with Crippen LogP contribution in [0.15, 0.2) is 36.7 Å². The van der Waals surface area contributed by atoms with Gasteiger partial charge in [0.15, 0.2) is 5.82 Å². The standard InChI is InChI=1S/C19H22N4O3/c1-25-14-5-6-18(26-2)15(10-14)16-11-17-19(20-7-9-23(17)21-16)22-8-3-4-13(24)12-22/h5-7,9-11,13,24H,3-4,8,12H2,1-2H3. The molecule has 0 aliphatic carbocycles. The number of aromatic nitrogens is 3. The van der Waals surface area contributed by atoms with E-state index in [0.29, 0.717) is 6.54 Å². The molecule has 1 unspecified atom stereocenters. The summed E-state index contributed by atoms with van der Waals surface area (Å²) in [7, 11) is 3.28. The summed E-state index contributed by atoms with van der Waals surface area (Å²) in [6.45, 7) is 1.47. The minimum Gasteiger partial charge on any atom is -0.497 e. The second kappa shape index (κ2) is 6.84. The van der Waals surface area contributed by atoms with Gasteiger partial charge in [0.05, 0.1) is 26.0 Å². The van der Waals surface area contributed by atoms with Crippen LogP contribution in [0.1, 0.15) is 12.8 Å². The van der Waals surface area contributed by atoms with Gasteiger partial charge in [-0.05, 0) is 37.1 Å². The number of hydrogen-bond donors (Lipinski definition) is 1. The van der Waals surface area contributed by atoms with Crippen molar-refractivity contribution in [2.45, 2.75) is 18.9 Å². The molecule has 0 saturated carbocycles. The zero-order valence-corrected chi connectivity index (χ0v) is 14.9. The van der Waals surface area contributed by atoms with E-state index in [0.717, 1.165) is 53.5 Å². The zero-order valence-electron chi connectivity index (χ0n) is 14.9. The number of aliphatic hydroxyl groups excluding tert-OH is 1. The molecule has 3 heterocycles. The highest BCUT2D eigenvalue weighted by atomic mass is 16.5. The average molecular weight is 354 g/mol. The smallest absolute Gasteiger partial charge is 0.154 e. The number of β-amino-alcohol motifs (C(OH)–C–C–N with tert-alkyl or cyclic N) is 1. The molecular weight excluding hydrogens is 332 g/mol. The van der Waals surface area contributed by atoms with E-state index in [9.17, 15) is 5.11 Å². The van der Waals surface area contributed by atoms with Gasteiger partial charge in [0.1, 0.15) is 17.0 Å². The number of rotatable bonds is 4. The van der Waals surface area contributed by atoms with E-state index in [2.05, 4.69) is 9.88 Å². The van der Waals surface area contributed by atoms with Crippen LogP contribution in [0, 0.1) is 0 Å². The maximum absolute atomic E-state index is 10.00. The Balaban J connectivity index is 1.80. The van der Waals surface area contributed by atoms with E-state index < -0.39 is 0 Å². The van der Waals surface area contributed by atoms with E-state index in [-0.39, 0.29) is 6.10 Å². The Kier molecular flexibility index (Phi) is 4.38. The molecule has 1 saturated heterocycles. The number of anilines is 1. The van der Waals surface area contributed by atoms with Crippen LogP contribution in [0.4, 0.5) is 5.82 Å². The van der Waals surface area contributed by atoms with Gasteiger partial charge < -0.3 is 19.5 Å². The van der Waals surface area contributed by atoms with Crippen LogP contribution in [0.5, 0.6) is 11.5 Å². The van der Waals surface area contributed by atoms with Gasteiger partial charge in [0.2, 0.25) is 0 Å². The van der Waals surface area contributed by atoms with Gasteiger partial charge in [-0.2, -0.15) is 5.10 Å². The van der Waals surface area contributed by atoms with Crippen LogP contribution in [0.2, 0.25) is 0 Å². The number of aliphatic hydroxyl groups is 1. The summed E-state index contributed by atoms with van der Waals surface area (Å²) in [4.78, 5) is 6.67. The maximum atomic E-state index is 10.00. The third-order valence-corrected chi connectivity index (χ3v) is 4.75. The van der Waals surface area contributed by atoms with Gasteiger partial charge in [-0.1, -0.05) is 0 Å². The average Bonchev–Trinajstić information content (AvgIpc) is 3.11. The van der Waals surface area contributed by atoms with Gasteiger partial charge in [-0.3, -0.25) is 0 Å². The molecule has 0 bridgehead atoms. The van der Waals surface area contributed by atoms with Crippen molar-refractivity contribution in [1.82, 2.24) is 14.6 Å². The number of ether oxygens (including phenoxy) is 2. The number of piperidine rings is 1. The van der Waals surface area contributed by atoms with Crippen molar-refractivity contribution in [2.75, 3.05) is 32.2 Å². The lowest BCUT2D eigenvalue weighted by Gasteiger charge is -2.31. The van der Waals surface area contributed by atoms with Crippen molar-refractivity contribution >= 4 is 11.3 Å². The van der Waals surface area contributed by atoms with Crippen molar-refractivity contribution in [2.24, 2.45) is 0 Å². The molecule has 0 spiro atoms. The molecule has 2 aromatic heterocycles. The lowest BCUT2D eigenvalue weighted by Crippen LogP contribution is -2.38. The Labute approximate surface area is 151 Å². The molecule has 1 atom stereocenters. The number of benzene rings is 1. The zero-order chi connectivity index (χ0) is 18.1. The van der Waals surface area contributed by atoms with Crippen LogP contribution in [0.25, 0.3) is 16.8 Å². The predicted molar refractivity (Wildman–Crippen MR) is 99.0 cm³/mol. The van der Waals surface area contributed by atoms with Gasteiger partial charge in [-0.15, -0.1) is 0 Å². The maximum Gasteiger partial charge on any atom is 0.154 e. The van der Waals surface area contributed by atoms with Crippen LogP contribution in [0.3, 0.4) is 0 Å². The second-order valence-corrected chi connectivity index (χ2v) is 6.42. The van der Waals surface area contributed by atoms with E-state index in [4.69, 9.17) is 14.6 Å². The Hall–Kier alpha value is -2.80. The minimum absolute atomic E-state index is 0.313. The first-order valence-electron chi connectivity index (χ1n) is 8.69. The van der Waals surface area contributed by atoms with Crippen molar-refractivity contribution in [1.29, 1.82) is 0 Å². The Bertz CT molecular complexity index is 924. The van der Waals surface area contributed by atoms with Gasteiger partial charge in [0.25, 0.3) is 0 Å². The van der Waals surface area contributed by atoms with Crippen LogP contribution < -0.4 is 14.4 Å². The Morgan fingerprint density at radius 1 is 1.19 bits per heavy atom. The van der Waals surface area contributed by atoms with E-state index in [1.807, 2.05) is 35.0 Å². The predicted octanol–water partition coefficient (Wildman–Crippen LogP) is 2.37. The first kappa shape index (κ1) is 16.7. The molecule has 7 nitrogen and oxygen atoms in total. The van der Waals surface area contributed by atoms with E-state index in [1.54, 1.807) is 20.4 Å². The minimum atomic E-state index is -0.313. The quantitative estimate of drug-likeness (QED) is 0.776. The molecule has 0 amide bonds. The SMILES string of the molecule is COc1ccc(OC)c(-c2cc3c(N4CCCC(O)C4)nccn3n2)c1. The first-order chi connectivity index (χ1) is 12.7. The van der Waals surface area contributed by atoms with Gasteiger partial charge in [-0.25, -0.2) is 9.50 Å². The molecule has 1 N–H and O–H groups in total.